The molecule has 0 amide bonds. The van der Waals surface area contributed by atoms with Gasteiger partial charge >= 0.3 is 0 Å². The first-order valence-corrected chi connectivity index (χ1v) is 4.66. The number of Topliss-reactive ketones (excluding diaryl/α,β-unsaturated/α-hetero) is 1. The lowest BCUT2D eigenvalue weighted by Gasteiger charge is -2.13. The lowest BCUT2D eigenvalue weighted by molar-refractivity contribution is -0.120. The van der Waals surface area contributed by atoms with E-state index in [1.807, 2.05) is 0 Å². The highest BCUT2D eigenvalue weighted by molar-refractivity contribution is 5.76. The Labute approximate surface area is 80.8 Å². The van der Waals surface area contributed by atoms with E-state index in [0.717, 1.165) is 12.8 Å². The van der Waals surface area contributed by atoms with Crippen LogP contribution in [0.2, 0.25) is 0 Å². The van der Waals surface area contributed by atoms with Gasteiger partial charge in [-0.1, -0.05) is 13.3 Å². The van der Waals surface area contributed by atoms with Gasteiger partial charge in [0, 0.05) is 13.0 Å². The topological polar surface area (TPSA) is 57.5 Å². The fourth-order valence-corrected chi connectivity index (χ4v) is 0.767. The predicted molar refractivity (Wildman–Crippen MR) is 53.6 cm³/mol. The molecular formula is C10H22O3. The Kier molecular flexibility index (Phi) is 9.51. The van der Waals surface area contributed by atoms with Gasteiger partial charge in [0.25, 0.3) is 0 Å². The third-order valence-electron chi connectivity index (χ3n) is 1.19. The molecule has 80 valence electrons. The van der Waals surface area contributed by atoms with Gasteiger partial charge in [-0.2, -0.15) is 0 Å². The molecule has 0 aromatic rings. The molecule has 0 fully saturated rings. The summed E-state index contributed by atoms with van der Waals surface area (Å²) in [6, 6.07) is 0. The largest absolute Gasteiger partial charge is 0.396 e. The van der Waals surface area contributed by atoms with Crippen LogP contribution in [0.5, 0.6) is 0 Å². The number of aliphatic hydroxyl groups excluding tert-OH is 1. The minimum atomic E-state index is -0.828. The summed E-state index contributed by atoms with van der Waals surface area (Å²) in [4.78, 5) is 10.3. The van der Waals surface area contributed by atoms with Crippen molar-refractivity contribution in [3.8, 4) is 0 Å². The SMILES string of the molecule is CC(=O)CC(C)(C)O.CCCCO. The Bertz CT molecular complexity index is 123. The molecule has 3 heteroatoms. The highest BCUT2D eigenvalue weighted by Gasteiger charge is 2.13. The monoisotopic (exact) mass is 190 g/mol. The number of carbonyl (C=O) groups excluding carboxylic acids is 1. The quantitative estimate of drug-likeness (QED) is 0.706. The molecule has 0 radical (unpaired) electrons. The highest BCUT2D eigenvalue weighted by Crippen LogP contribution is 2.06. The summed E-state index contributed by atoms with van der Waals surface area (Å²) in [7, 11) is 0. The van der Waals surface area contributed by atoms with Gasteiger partial charge in [-0.25, -0.2) is 0 Å². The van der Waals surface area contributed by atoms with E-state index in [0.29, 0.717) is 6.61 Å². The molecule has 0 rings (SSSR count). The van der Waals surface area contributed by atoms with E-state index in [2.05, 4.69) is 6.92 Å². The van der Waals surface area contributed by atoms with Crippen LogP contribution in [-0.4, -0.2) is 28.2 Å². The van der Waals surface area contributed by atoms with E-state index in [-0.39, 0.29) is 12.2 Å². The zero-order chi connectivity index (χ0) is 10.9. The second-order valence-corrected chi connectivity index (χ2v) is 3.77. The van der Waals surface area contributed by atoms with Crippen LogP contribution in [0.3, 0.4) is 0 Å². The number of rotatable bonds is 4. The molecule has 0 heterocycles. The average molecular weight is 190 g/mol. The molecule has 0 bridgehead atoms. The Morgan fingerprint density at radius 2 is 1.85 bits per heavy atom. The second kappa shape index (κ2) is 8.20. The van der Waals surface area contributed by atoms with Gasteiger partial charge in [-0.3, -0.25) is 4.79 Å². The van der Waals surface area contributed by atoms with Crippen LogP contribution in [0.1, 0.15) is 47.0 Å². The van der Waals surface area contributed by atoms with E-state index in [4.69, 9.17) is 10.2 Å². The Balaban J connectivity index is 0. The first kappa shape index (κ1) is 15.1. The smallest absolute Gasteiger partial charge is 0.132 e. The van der Waals surface area contributed by atoms with Crippen LogP contribution in [0.15, 0.2) is 0 Å². The number of hydrogen-bond acceptors (Lipinski definition) is 3. The van der Waals surface area contributed by atoms with Gasteiger partial charge in [0.2, 0.25) is 0 Å². The zero-order valence-corrected chi connectivity index (χ0v) is 9.13. The van der Waals surface area contributed by atoms with E-state index >= 15 is 0 Å². The van der Waals surface area contributed by atoms with Crippen LogP contribution in [-0.2, 0) is 4.79 Å². The molecule has 0 spiro atoms. The van der Waals surface area contributed by atoms with Gasteiger partial charge in [-0.15, -0.1) is 0 Å². The van der Waals surface area contributed by atoms with Crippen molar-refractivity contribution in [2.45, 2.75) is 52.6 Å². The van der Waals surface area contributed by atoms with Crippen LogP contribution < -0.4 is 0 Å². The van der Waals surface area contributed by atoms with Gasteiger partial charge in [0.15, 0.2) is 0 Å². The summed E-state index contributed by atoms with van der Waals surface area (Å²) in [5.41, 5.74) is -0.828. The maximum Gasteiger partial charge on any atom is 0.132 e. The van der Waals surface area contributed by atoms with Crippen molar-refractivity contribution in [1.29, 1.82) is 0 Å². The molecule has 0 unspecified atom stereocenters. The van der Waals surface area contributed by atoms with Crippen molar-refractivity contribution in [2.75, 3.05) is 6.61 Å². The molecular weight excluding hydrogens is 168 g/mol. The lowest BCUT2D eigenvalue weighted by atomic mass is 10.0. The number of unbranched alkanes of at least 4 members (excludes halogenated alkanes) is 1. The van der Waals surface area contributed by atoms with Crippen LogP contribution in [0, 0.1) is 0 Å². The molecule has 0 saturated carbocycles. The molecule has 13 heavy (non-hydrogen) atoms. The second-order valence-electron chi connectivity index (χ2n) is 3.77. The number of hydrogen-bond donors (Lipinski definition) is 2. The summed E-state index contributed by atoms with van der Waals surface area (Å²) in [5, 5.41) is 17.0. The van der Waals surface area contributed by atoms with Crippen molar-refractivity contribution >= 4 is 5.78 Å². The van der Waals surface area contributed by atoms with E-state index in [9.17, 15) is 4.79 Å². The van der Waals surface area contributed by atoms with E-state index in [1.54, 1.807) is 13.8 Å². The fourth-order valence-electron chi connectivity index (χ4n) is 0.767. The molecule has 0 saturated heterocycles. The highest BCUT2D eigenvalue weighted by atomic mass is 16.3. The van der Waals surface area contributed by atoms with Crippen LogP contribution in [0.25, 0.3) is 0 Å². The van der Waals surface area contributed by atoms with Gasteiger partial charge in [0.05, 0.1) is 5.60 Å². The van der Waals surface area contributed by atoms with Crippen molar-refractivity contribution in [3.63, 3.8) is 0 Å². The van der Waals surface area contributed by atoms with Gasteiger partial charge in [-0.05, 0) is 27.2 Å². The molecule has 0 aromatic carbocycles. The third kappa shape index (κ3) is 24.5. The summed E-state index contributed by atoms with van der Waals surface area (Å²) in [6.07, 6.45) is 2.28. The van der Waals surface area contributed by atoms with Crippen molar-refractivity contribution in [3.05, 3.63) is 0 Å². The number of carbonyl (C=O) groups is 1. The van der Waals surface area contributed by atoms with Gasteiger partial charge in [0.1, 0.15) is 5.78 Å². The molecule has 0 atom stereocenters. The van der Waals surface area contributed by atoms with Crippen molar-refractivity contribution < 1.29 is 15.0 Å². The Morgan fingerprint density at radius 1 is 1.38 bits per heavy atom. The normalized spacial score (nSPS) is 10.3. The zero-order valence-electron chi connectivity index (χ0n) is 9.13. The summed E-state index contributed by atoms with van der Waals surface area (Å²) >= 11 is 0. The average Bonchev–Trinajstić information content (AvgIpc) is 1.84. The lowest BCUT2D eigenvalue weighted by Crippen LogP contribution is -2.21. The van der Waals surface area contributed by atoms with E-state index in [1.165, 1.54) is 6.92 Å². The standard InChI is InChI=1S/C6H12O2.C4H10O/c1-5(7)4-6(2,3)8;1-2-3-4-5/h8H,4H2,1-3H3;5H,2-4H2,1H3. The maximum atomic E-state index is 10.3. The number of ketones is 1. The molecule has 0 aliphatic heterocycles. The summed E-state index contributed by atoms with van der Waals surface area (Å²) < 4.78 is 0. The minimum absolute atomic E-state index is 0.0255. The fraction of sp³-hybridized carbons (Fsp3) is 0.900. The minimum Gasteiger partial charge on any atom is -0.396 e. The molecule has 0 aliphatic carbocycles. The molecule has 3 nitrogen and oxygen atoms in total. The van der Waals surface area contributed by atoms with E-state index < -0.39 is 5.60 Å². The summed E-state index contributed by atoms with van der Waals surface area (Å²) in [5.74, 6) is 0.0255. The van der Waals surface area contributed by atoms with Gasteiger partial charge < -0.3 is 10.2 Å². The molecule has 0 aromatic heterocycles. The molecule has 0 aliphatic rings. The Hall–Kier alpha value is -0.410. The first-order chi connectivity index (χ1) is 5.83. The van der Waals surface area contributed by atoms with Crippen molar-refractivity contribution in [1.82, 2.24) is 0 Å². The Morgan fingerprint density at radius 3 is 1.85 bits per heavy atom. The third-order valence-corrected chi connectivity index (χ3v) is 1.19. The van der Waals surface area contributed by atoms with Crippen LogP contribution in [0.4, 0.5) is 0 Å². The van der Waals surface area contributed by atoms with Crippen molar-refractivity contribution in [2.24, 2.45) is 0 Å². The molecule has 2 N–H and O–H groups in total. The van der Waals surface area contributed by atoms with Crippen LogP contribution >= 0.6 is 0 Å². The first-order valence-electron chi connectivity index (χ1n) is 4.66. The summed E-state index contributed by atoms with van der Waals surface area (Å²) in [6.45, 7) is 7.10. The number of aliphatic hydroxyl groups is 2. The maximum absolute atomic E-state index is 10.3. The predicted octanol–water partition coefficient (Wildman–Crippen LogP) is 1.52.